The van der Waals surface area contributed by atoms with E-state index in [1.54, 1.807) is 44.7 Å². The van der Waals surface area contributed by atoms with Crippen molar-refractivity contribution < 1.29 is 39.5 Å². The minimum Gasteiger partial charge on any atom is -0.461 e. The summed E-state index contributed by atoms with van der Waals surface area (Å²) in [4.78, 5) is 25.4. The molecule has 0 aliphatic carbocycles. The van der Waals surface area contributed by atoms with E-state index in [4.69, 9.17) is 15.2 Å². The smallest absolute Gasteiger partial charge is 0.328 e. The van der Waals surface area contributed by atoms with Crippen LogP contribution in [0.5, 0.6) is 0 Å². The summed E-state index contributed by atoms with van der Waals surface area (Å²) in [5.74, 6) is 0.687. The van der Waals surface area contributed by atoms with E-state index >= 15 is 0 Å². The van der Waals surface area contributed by atoms with E-state index in [0.717, 1.165) is 17.7 Å². The van der Waals surface area contributed by atoms with Crippen LogP contribution >= 0.6 is 44.7 Å². The van der Waals surface area contributed by atoms with Crippen LogP contribution in [0.3, 0.4) is 0 Å². The molecule has 1 amide bonds. The molecule has 2 rings (SSSR count). The Hall–Kier alpha value is -0.550. The normalized spacial score (nSPS) is 26.7. The lowest BCUT2D eigenvalue weighted by Crippen LogP contribution is -2.58. The number of aliphatic hydroxyl groups excluding tert-OH is 4. The van der Waals surface area contributed by atoms with Gasteiger partial charge in [-0.05, 0) is 54.2 Å². The van der Waals surface area contributed by atoms with Crippen LogP contribution in [-0.2, 0) is 25.5 Å². The number of esters is 1. The lowest BCUT2D eigenvalue weighted by molar-refractivity contribution is -0.287. The molecule has 1 saturated heterocycles. The van der Waals surface area contributed by atoms with E-state index in [-0.39, 0.29) is 11.9 Å². The minimum atomic E-state index is -1.73. The van der Waals surface area contributed by atoms with Crippen molar-refractivity contribution in [1.82, 2.24) is 11.1 Å². The first-order chi connectivity index (χ1) is 17.1. The summed E-state index contributed by atoms with van der Waals surface area (Å²) in [6, 6.07) is 0.828. The van der Waals surface area contributed by atoms with Gasteiger partial charge < -0.3 is 35.2 Å². The van der Waals surface area contributed by atoms with Crippen molar-refractivity contribution in [3.8, 4) is 0 Å². The average molecular weight is 584 g/mol. The van der Waals surface area contributed by atoms with Crippen molar-refractivity contribution in [3.63, 3.8) is 0 Å². The lowest BCUT2D eigenvalue weighted by Gasteiger charge is -2.38. The van der Waals surface area contributed by atoms with E-state index in [2.05, 4.69) is 5.32 Å². The van der Waals surface area contributed by atoms with Gasteiger partial charge in [0.05, 0.1) is 5.92 Å². The number of thioether (sulfide) groups is 1. The number of thiophene rings is 1. The Morgan fingerprint density at radius 2 is 1.92 bits per heavy atom. The number of rotatable bonds is 15. The summed E-state index contributed by atoms with van der Waals surface area (Å²) >= 11 is 3.27. The molecular formula is C22H35N2O8S4. The molecule has 8 atom stereocenters. The van der Waals surface area contributed by atoms with E-state index in [0.29, 0.717) is 17.9 Å². The maximum absolute atomic E-state index is 13.0. The number of carbonyl (C=O) groups excluding carboxylic acids is 2. The number of ether oxygens (including phenoxy) is 2. The van der Waals surface area contributed by atoms with E-state index in [9.17, 15) is 30.0 Å². The molecule has 0 bridgehead atoms. The first kappa shape index (κ1) is 31.7. The van der Waals surface area contributed by atoms with Gasteiger partial charge in [-0.3, -0.25) is 10.5 Å². The second-order valence-corrected chi connectivity index (χ2v) is 12.8. The highest BCUT2D eigenvalue weighted by Gasteiger charge is 2.43. The molecule has 205 valence electrons. The van der Waals surface area contributed by atoms with Crippen LogP contribution in [-0.4, -0.2) is 105 Å². The molecular weight excluding hydrogens is 549 g/mol. The monoisotopic (exact) mass is 583 g/mol. The van der Waals surface area contributed by atoms with Crippen LogP contribution < -0.4 is 11.1 Å². The highest BCUT2D eigenvalue weighted by molar-refractivity contribution is 8.76. The predicted octanol–water partition coefficient (Wildman–Crippen LogP) is 0.541. The molecule has 36 heavy (non-hydrogen) atoms. The third-order valence-corrected chi connectivity index (χ3v) is 9.45. The van der Waals surface area contributed by atoms with Gasteiger partial charge in [-0.2, -0.15) is 23.1 Å². The summed E-state index contributed by atoms with van der Waals surface area (Å²) in [5.41, 5.74) is 9.09. The van der Waals surface area contributed by atoms with Crippen molar-refractivity contribution in [2.75, 3.05) is 30.1 Å². The molecule has 14 heteroatoms. The summed E-state index contributed by atoms with van der Waals surface area (Å²) in [6.45, 7) is 1.00. The first-order valence-corrected chi connectivity index (χ1v) is 16.3. The third-order valence-electron chi connectivity index (χ3n) is 5.51. The van der Waals surface area contributed by atoms with Crippen LogP contribution in [0, 0.1) is 5.92 Å². The second kappa shape index (κ2) is 16.4. The van der Waals surface area contributed by atoms with Crippen molar-refractivity contribution in [2.24, 2.45) is 5.92 Å². The third kappa shape index (κ3) is 10.3. The number of nitrogens with one attached hydrogen (secondary N) is 2. The highest BCUT2D eigenvalue weighted by Crippen LogP contribution is 2.27. The van der Waals surface area contributed by atoms with Crippen LogP contribution in [0.1, 0.15) is 18.9 Å². The molecule has 1 radical (unpaired) electrons. The van der Waals surface area contributed by atoms with Gasteiger partial charge in [-0.15, -0.1) is 0 Å². The van der Waals surface area contributed by atoms with Crippen LogP contribution in [0.2, 0.25) is 0 Å². The predicted molar refractivity (Wildman–Crippen MR) is 144 cm³/mol. The molecule has 1 fully saturated rings. The minimum absolute atomic E-state index is 0.147. The quantitative estimate of drug-likeness (QED) is 0.111. The zero-order valence-corrected chi connectivity index (χ0v) is 23.4. The Bertz CT molecular complexity index is 790. The Morgan fingerprint density at radius 3 is 2.58 bits per heavy atom. The molecule has 0 aromatic carbocycles. The van der Waals surface area contributed by atoms with Gasteiger partial charge in [0, 0.05) is 17.5 Å². The van der Waals surface area contributed by atoms with Gasteiger partial charge in [0.15, 0.2) is 6.29 Å². The van der Waals surface area contributed by atoms with Gasteiger partial charge in [0.25, 0.3) is 0 Å². The van der Waals surface area contributed by atoms with Crippen LogP contribution in [0.4, 0.5) is 0 Å². The summed E-state index contributed by atoms with van der Waals surface area (Å²) in [6.07, 6.45) is -4.49. The van der Waals surface area contributed by atoms with Crippen molar-refractivity contribution in [1.29, 1.82) is 0 Å². The molecule has 2 heterocycles. The molecule has 1 aliphatic rings. The molecule has 0 spiro atoms. The summed E-state index contributed by atoms with van der Waals surface area (Å²) < 4.78 is 10.1. The largest absolute Gasteiger partial charge is 0.461 e. The molecule has 8 unspecified atom stereocenters. The maximum atomic E-state index is 13.0. The summed E-state index contributed by atoms with van der Waals surface area (Å²) in [7, 11) is 3.12. The van der Waals surface area contributed by atoms with Crippen LogP contribution in [0.25, 0.3) is 0 Å². The van der Waals surface area contributed by atoms with Crippen molar-refractivity contribution in [3.05, 3.63) is 22.4 Å². The van der Waals surface area contributed by atoms with Crippen molar-refractivity contribution in [2.45, 2.75) is 62.6 Å². The van der Waals surface area contributed by atoms with E-state index in [1.807, 2.05) is 23.1 Å². The average Bonchev–Trinajstić information content (AvgIpc) is 3.37. The fourth-order valence-corrected chi connectivity index (χ4v) is 6.99. The number of hydrogen-bond acceptors (Lipinski definition) is 12. The zero-order valence-electron chi connectivity index (χ0n) is 20.1. The molecule has 1 aromatic rings. The van der Waals surface area contributed by atoms with Gasteiger partial charge in [-0.1, -0.05) is 21.6 Å². The molecule has 10 nitrogen and oxygen atoms in total. The molecule has 1 aromatic heterocycles. The number of carbonyl (C=O) groups is 2. The first-order valence-electron chi connectivity index (χ1n) is 11.4. The molecule has 1 aliphatic heterocycles. The fourth-order valence-electron chi connectivity index (χ4n) is 3.27. The SMILES string of the molecule is CSCCC([NH])CSSCC(Cc1ccsc1)C(=O)NC(C)C(=O)OCC1OC(O)C(O)C(O)C1O. The lowest BCUT2D eigenvalue weighted by atomic mass is 9.99. The molecule has 6 N–H and O–H groups in total. The zero-order chi connectivity index (χ0) is 26.7. The van der Waals surface area contributed by atoms with Gasteiger partial charge in [-0.25, -0.2) is 4.79 Å². The Labute approximate surface area is 227 Å². The standard InChI is InChI=1S/C22H35N2O8S4/c1-12(21(29)31-8-16-17(25)18(26)19(27)22(30)32-16)24-20(28)14(7-13-3-6-34-9-13)10-35-36-11-15(23)4-5-33-2/h3,6,9,12,14-19,22-23,25-27,30H,4-5,7-8,10-11H2,1-2H3,(H,24,28). The van der Waals surface area contributed by atoms with Gasteiger partial charge in [0.2, 0.25) is 5.91 Å². The van der Waals surface area contributed by atoms with Crippen molar-refractivity contribution >= 4 is 56.6 Å². The topological polar surface area (TPSA) is 169 Å². The Balaban J connectivity index is 1.84. The van der Waals surface area contributed by atoms with E-state index in [1.165, 1.54) is 6.92 Å². The Morgan fingerprint density at radius 1 is 1.19 bits per heavy atom. The van der Waals surface area contributed by atoms with Crippen LogP contribution in [0.15, 0.2) is 16.8 Å². The van der Waals surface area contributed by atoms with Gasteiger partial charge >= 0.3 is 5.97 Å². The highest BCUT2D eigenvalue weighted by atomic mass is 33.1. The summed E-state index contributed by atoms with van der Waals surface area (Å²) in [5, 5.41) is 45.5. The fraction of sp³-hybridized carbons (Fsp3) is 0.727. The van der Waals surface area contributed by atoms with Gasteiger partial charge in [0.1, 0.15) is 37.1 Å². The molecule has 0 saturated carbocycles. The number of amides is 1. The maximum Gasteiger partial charge on any atom is 0.328 e. The number of aliphatic hydroxyl groups is 4. The number of hydrogen-bond donors (Lipinski definition) is 5. The van der Waals surface area contributed by atoms with E-state index < -0.39 is 55.2 Å². The second-order valence-electron chi connectivity index (χ2n) is 8.48. The Kier molecular flexibility index (Phi) is 14.4.